The van der Waals surface area contributed by atoms with Gasteiger partial charge >= 0.3 is 0 Å². The minimum Gasteiger partial charge on any atom is -0.495 e. The van der Waals surface area contributed by atoms with Crippen molar-refractivity contribution in [3.63, 3.8) is 0 Å². The molecular weight excluding hydrogens is 334 g/mol. The highest BCUT2D eigenvalue weighted by Crippen LogP contribution is 2.31. The van der Waals surface area contributed by atoms with Crippen LogP contribution in [-0.2, 0) is 10.0 Å². The Hall–Kier alpha value is -1.42. The predicted molar refractivity (Wildman–Crippen MR) is 82.9 cm³/mol. The van der Waals surface area contributed by atoms with Crippen molar-refractivity contribution < 1.29 is 18.1 Å². The second kappa shape index (κ2) is 7.23. The van der Waals surface area contributed by atoms with Crippen LogP contribution in [0.1, 0.15) is 12.8 Å². The summed E-state index contributed by atoms with van der Waals surface area (Å²) in [5, 5.41) is 10.8. The summed E-state index contributed by atoms with van der Waals surface area (Å²) in [6, 6.07) is 3.29. The third-order valence-corrected chi connectivity index (χ3v) is 5.28. The number of methoxy groups -OCH3 is 1. The Balaban J connectivity index is 0.00000242. The summed E-state index contributed by atoms with van der Waals surface area (Å²) in [5.41, 5.74) is 5.51. The number of halogens is 1. The molecule has 8 nitrogen and oxygen atoms in total. The summed E-state index contributed by atoms with van der Waals surface area (Å²) in [6.07, 6.45) is 1.43. The van der Waals surface area contributed by atoms with Gasteiger partial charge in [0.05, 0.1) is 12.0 Å². The van der Waals surface area contributed by atoms with Crippen LogP contribution in [0.4, 0.5) is 5.69 Å². The Morgan fingerprint density at radius 2 is 2.14 bits per heavy atom. The fraction of sp³-hybridized carbons (Fsp3) is 0.500. The van der Waals surface area contributed by atoms with Gasteiger partial charge in [-0.15, -0.1) is 12.4 Å². The van der Waals surface area contributed by atoms with E-state index in [0.717, 1.165) is 12.5 Å². The first-order valence-corrected chi connectivity index (χ1v) is 7.88. The quantitative estimate of drug-likeness (QED) is 0.642. The number of non-ortho nitro benzene ring substituents is 1. The van der Waals surface area contributed by atoms with Gasteiger partial charge in [0.25, 0.3) is 5.69 Å². The molecule has 0 aliphatic carbocycles. The minimum absolute atomic E-state index is 0. The van der Waals surface area contributed by atoms with Gasteiger partial charge in [0.15, 0.2) is 0 Å². The number of benzene rings is 1. The SMILES string of the molecule is COc1ccc([N+](=O)[O-])cc1S(=O)(=O)N1CCC[C@@H](N)C1.Cl. The number of nitrogens with two attached hydrogens (primary N) is 1. The molecule has 1 saturated heterocycles. The van der Waals surface area contributed by atoms with Gasteiger partial charge in [-0.1, -0.05) is 0 Å². The van der Waals surface area contributed by atoms with Crippen LogP contribution in [0.5, 0.6) is 5.75 Å². The van der Waals surface area contributed by atoms with Gasteiger partial charge in [-0.3, -0.25) is 10.1 Å². The number of nitrogens with zero attached hydrogens (tertiary/aromatic N) is 2. The molecule has 1 aliphatic rings. The average molecular weight is 352 g/mol. The van der Waals surface area contributed by atoms with Gasteiger partial charge in [-0.25, -0.2) is 8.42 Å². The third-order valence-electron chi connectivity index (χ3n) is 3.40. The van der Waals surface area contributed by atoms with Gasteiger partial charge in [0, 0.05) is 31.3 Å². The molecule has 1 atom stereocenters. The Morgan fingerprint density at radius 1 is 1.45 bits per heavy atom. The lowest BCUT2D eigenvalue weighted by molar-refractivity contribution is -0.385. The molecule has 22 heavy (non-hydrogen) atoms. The molecule has 10 heteroatoms. The number of sulfonamides is 1. The van der Waals surface area contributed by atoms with Crippen LogP contribution in [-0.4, -0.2) is 43.9 Å². The van der Waals surface area contributed by atoms with Crippen LogP contribution in [0.3, 0.4) is 0 Å². The van der Waals surface area contributed by atoms with Gasteiger partial charge in [-0.2, -0.15) is 4.31 Å². The van der Waals surface area contributed by atoms with Crippen LogP contribution in [0, 0.1) is 10.1 Å². The topological polar surface area (TPSA) is 116 Å². The first kappa shape index (κ1) is 18.6. The van der Waals surface area contributed by atoms with Crippen molar-refractivity contribution in [3.8, 4) is 5.75 Å². The summed E-state index contributed by atoms with van der Waals surface area (Å²) in [5.74, 6) is 0.0831. The second-order valence-electron chi connectivity index (χ2n) is 4.86. The van der Waals surface area contributed by atoms with Crippen molar-refractivity contribution in [2.75, 3.05) is 20.2 Å². The van der Waals surface area contributed by atoms with Gasteiger partial charge in [0.2, 0.25) is 10.0 Å². The molecule has 0 spiro atoms. The molecule has 2 rings (SSSR count). The Bertz CT molecular complexity index is 652. The second-order valence-corrected chi connectivity index (χ2v) is 6.76. The molecule has 1 fully saturated rings. The number of nitro groups is 1. The first-order chi connectivity index (χ1) is 9.86. The van der Waals surface area contributed by atoms with Crippen molar-refractivity contribution in [1.29, 1.82) is 0 Å². The van der Waals surface area contributed by atoms with E-state index in [4.69, 9.17) is 10.5 Å². The molecule has 1 aromatic rings. The third kappa shape index (κ3) is 3.67. The Kier molecular flexibility index (Phi) is 6.12. The smallest absolute Gasteiger partial charge is 0.271 e. The molecule has 1 aromatic carbocycles. The standard InChI is InChI=1S/C12H17N3O5S.ClH/c1-20-11-5-4-10(15(16)17)7-12(11)21(18,19)14-6-2-3-9(13)8-14;/h4-5,7,9H,2-3,6,8,13H2,1H3;1H/t9-;/m1./s1. The minimum atomic E-state index is -3.87. The molecule has 0 aromatic heterocycles. The maximum atomic E-state index is 12.7. The van der Waals surface area contributed by atoms with Crippen LogP contribution < -0.4 is 10.5 Å². The predicted octanol–water partition coefficient (Wildman–Crippen LogP) is 1.14. The van der Waals surface area contributed by atoms with E-state index in [-0.39, 0.29) is 41.3 Å². The van der Waals surface area contributed by atoms with E-state index in [1.807, 2.05) is 0 Å². The number of ether oxygens (including phenoxy) is 1. The highest BCUT2D eigenvalue weighted by atomic mass is 35.5. The fourth-order valence-corrected chi connectivity index (χ4v) is 4.02. The molecule has 0 radical (unpaired) electrons. The number of rotatable bonds is 4. The number of piperidine rings is 1. The van der Waals surface area contributed by atoms with E-state index in [0.29, 0.717) is 13.0 Å². The van der Waals surface area contributed by atoms with Gasteiger partial charge in [-0.05, 0) is 18.9 Å². The lowest BCUT2D eigenvalue weighted by Crippen LogP contribution is -2.45. The molecule has 0 amide bonds. The van der Waals surface area contributed by atoms with Crippen molar-refractivity contribution in [2.24, 2.45) is 5.73 Å². The van der Waals surface area contributed by atoms with E-state index in [1.165, 1.54) is 23.5 Å². The normalized spacial score (nSPS) is 19.3. The molecule has 0 bridgehead atoms. The van der Waals surface area contributed by atoms with Crippen molar-refractivity contribution in [3.05, 3.63) is 28.3 Å². The van der Waals surface area contributed by atoms with Crippen LogP contribution in [0.2, 0.25) is 0 Å². The fourth-order valence-electron chi connectivity index (χ4n) is 2.31. The molecule has 2 N–H and O–H groups in total. The monoisotopic (exact) mass is 351 g/mol. The Morgan fingerprint density at radius 3 is 2.68 bits per heavy atom. The molecular formula is C12H18ClN3O5S. The van der Waals surface area contributed by atoms with Crippen molar-refractivity contribution >= 4 is 28.1 Å². The zero-order chi connectivity index (χ0) is 15.6. The van der Waals surface area contributed by atoms with E-state index in [9.17, 15) is 18.5 Å². The van der Waals surface area contributed by atoms with Gasteiger partial charge in [0.1, 0.15) is 10.6 Å². The highest BCUT2D eigenvalue weighted by Gasteiger charge is 2.32. The summed E-state index contributed by atoms with van der Waals surface area (Å²) >= 11 is 0. The maximum absolute atomic E-state index is 12.7. The lowest BCUT2D eigenvalue weighted by Gasteiger charge is -2.30. The lowest BCUT2D eigenvalue weighted by atomic mass is 10.1. The first-order valence-electron chi connectivity index (χ1n) is 6.44. The number of nitro benzene ring substituents is 1. The molecule has 0 unspecified atom stereocenters. The Labute approximate surface area is 134 Å². The summed E-state index contributed by atoms with van der Waals surface area (Å²) in [4.78, 5) is 10.0. The summed E-state index contributed by atoms with van der Waals surface area (Å²) in [7, 11) is -2.55. The molecule has 1 heterocycles. The van der Waals surface area contributed by atoms with Crippen molar-refractivity contribution in [2.45, 2.75) is 23.8 Å². The molecule has 0 saturated carbocycles. The summed E-state index contributed by atoms with van der Waals surface area (Å²) < 4.78 is 31.6. The largest absolute Gasteiger partial charge is 0.495 e. The average Bonchev–Trinajstić information content (AvgIpc) is 2.46. The number of hydrogen-bond donors (Lipinski definition) is 1. The number of hydrogen-bond acceptors (Lipinski definition) is 6. The van der Waals surface area contributed by atoms with Crippen LogP contribution in [0.15, 0.2) is 23.1 Å². The highest BCUT2D eigenvalue weighted by molar-refractivity contribution is 7.89. The van der Waals surface area contributed by atoms with Crippen LogP contribution >= 0.6 is 12.4 Å². The van der Waals surface area contributed by atoms with Crippen LogP contribution in [0.25, 0.3) is 0 Å². The molecule has 1 aliphatic heterocycles. The maximum Gasteiger partial charge on any atom is 0.271 e. The van der Waals surface area contributed by atoms with E-state index < -0.39 is 14.9 Å². The van der Waals surface area contributed by atoms with E-state index >= 15 is 0 Å². The van der Waals surface area contributed by atoms with Gasteiger partial charge < -0.3 is 10.5 Å². The zero-order valence-electron chi connectivity index (χ0n) is 12.0. The zero-order valence-corrected chi connectivity index (χ0v) is 13.6. The van der Waals surface area contributed by atoms with E-state index in [2.05, 4.69) is 0 Å². The molecule has 124 valence electrons. The van der Waals surface area contributed by atoms with Crippen molar-refractivity contribution in [1.82, 2.24) is 4.31 Å². The van der Waals surface area contributed by atoms with E-state index in [1.54, 1.807) is 0 Å². The summed E-state index contributed by atoms with van der Waals surface area (Å²) in [6.45, 7) is 0.552.